The lowest BCUT2D eigenvalue weighted by atomic mass is 9.47. The number of ketones is 2. The van der Waals surface area contributed by atoms with Crippen LogP contribution in [0.5, 0.6) is 0 Å². The molecule has 8 nitrogen and oxygen atoms in total. The Labute approximate surface area is 206 Å². The van der Waals surface area contributed by atoms with E-state index in [1.807, 2.05) is 6.08 Å². The molecule has 0 radical (unpaired) electrons. The highest BCUT2D eigenvalue weighted by molar-refractivity contribution is 6.01. The zero-order valence-corrected chi connectivity index (χ0v) is 20.7. The van der Waals surface area contributed by atoms with Crippen LogP contribution in [-0.2, 0) is 38.1 Å². The Morgan fingerprint density at radius 1 is 1.06 bits per heavy atom. The lowest BCUT2D eigenvalue weighted by Crippen LogP contribution is -2.50. The van der Waals surface area contributed by atoms with Crippen molar-refractivity contribution in [2.75, 3.05) is 33.2 Å². The van der Waals surface area contributed by atoms with E-state index in [0.717, 1.165) is 38.5 Å². The Hall–Kier alpha value is -2.32. The van der Waals surface area contributed by atoms with Crippen LogP contribution in [0.15, 0.2) is 23.8 Å². The SMILES string of the molecule is C[C@]12CC[C@H]3[C@@H](CCC4=CC(=O)C=C[C@@]43C)[C@@H]1CC[C@@H]2C(=O)COC(=O)COCOCCOC=O. The van der Waals surface area contributed by atoms with Gasteiger partial charge < -0.3 is 18.9 Å². The second-order valence-corrected chi connectivity index (χ2v) is 10.7. The maximum absolute atomic E-state index is 13.1. The summed E-state index contributed by atoms with van der Waals surface area (Å²) in [4.78, 5) is 47.1. The Kier molecular flexibility index (Phi) is 7.91. The number of allylic oxidation sites excluding steroid dienone is 4. The zero-order valence-electron chi connectivity index (χ0n) is 20.7. The summed E-state index contributed by atoms with van der Waals surface area (Å²) in [6, 6.07) is 0. The number of rotatable bonds is 11. The summed E-state index contributed by atoms with van der Waals surface area (Å²) in [6.45, 7) is 4.49. The first-order valence-corrected chi connectivity index (χ1v) is 12.6. The number of carbonyl (C=O) groups is 4. The summed E-state index contributed by atoms with van der Waals surface area (Å²) >= 11 is 0. The summed E-state index contributed by atoms with van der Waals surface area (Å²) in [7, 11) is 0. The molecule has 3 saturated carbocycles. The van der Waals surface area contributed by atoms with Crippen molar-refractivity contribution in [3.63, 3.8) is 0 Å². The number of hydrogen-bond acceptors (Lipinski definition) is 8. The van der Waals surface area contributed by atoms with E-state index in [2.05, 4.69) is 24.7 Å². The maximum Gasteiger partial charge on any atom is 0.332 e. The molecule has 4 rings (SSSR count). The minimum absolute atomic E-state index is 0.00479. The van der Waals surface area contributed by atoms with Crippen LogP contribution in [0.1, 0.15) is 52.4 Å². The molecule has 35 heavy (non-hydrogen) atoms. The van der Waals surface area contributed by atoms with Crippen molar-refractivity contribution in [3.05, 3.63) is 23.8 Å². The molecule has 0 unspecified atom stereocenters. The molecule has 0 heterocycles. The highest BCUT2D eigenvalue weighted by Gasteiger charge is 2.59. The van der Waals surface area contributed by atoms with Gasteiger partial charge in [0.2, 0.25) is 0 Å². The van der Waals surface area contributed by atoms with E-state index in [1.54, 1.807) is 6.08 Å². The smallest absolute Gasteiger partial charge is 0.332 e. The monoisotopic (exact) mass is 488 g/mol. The van der Waals surface area contributed by atoms with Crippen LogP contribution in [-0.4, -0.2) is 57.2 Å². The fraction of sp³-hybridized carbons (Fsp3) is 0.704. The summed E-state index contributed by atoms with van der Waals surface area (Å²) in [5, 5.41) is 0. The van der Waals surface area contributed by atoms with Crippen LogP contribution in [0.3, 0.4) is 0 Å². The van der Waals surface area contributed by atoms with Gasteiger partial charge in [-0.2, -0.15) is 0 Å². The summed E-state index contributed by atoms with van der Waals surface area (Å²) < 4.78 is 19.8. The first-order chi connectivity index (χ1) is 16.8. The predicted octanol–water partition coefficient (Wildman–Crippen LogP) is 3.19. The number of hydrogen-bond donors (Lipinski definition) is 0. The Morgan fingerprint density at radius 2 is 1.89 bits per heavy atom. The first-order valence-electron chi connectivity index (χ1n) is 12.6. The molecule has 0 aromatic rings. The predicted molar refractivity (Wildman–Crippen MR) is 125 cm³/mol. The van der Waals surface area contributed by atoms with E-state index in [1.165, 1.54) is 5.57 Å². The van der Waals surface area contributed by atoms with E-state index in [4.69, 9.17) is 14.2 Å². The van der Waals surface area contributed by atoms with Gasteiger partial charge in [-0.15, -0.1) is 0 Å². The molecule has 3 fully saturated rings. The van der Waals surface area contributed by atoms with Crippen LogP contribution >= 0.6 is 0 Å². The molecular formula is C27H36O8. The lowest BCUT2D eigenvalue weighted by Gasteiger charge is -2.56. The molecule has 0 aromatic carbocycles. The third kappa shape index (κ3) is 5.14. The topological polar surface area (TPSA) is 105 Å². The molecule has 0 aliphatic heterocycles. The van der Waals surface area contributed by atoms with Gasteiger partial charge in [0.25, 0.3) is 6.47 Å². The summed E-state index contributed by atoms with van der Waals surface area (Å²) in [5.41, 5.74) is 1.14. The fourth-order valence-corrected chi connectivity index (χ4v) is 7.42. The minimum atomic E-state index is -0.604. The van der Waals surface area contributed by atoms with E-state index in [0.29, 0.717) is 24.2 Å². The van der Waals surface area contributed by atoms with E-state index < -0.39 is 5.97 Å². The van der Waals surface area contributed by atoms with Gasteiger partial charge in [0.05, 0.1) is 6.61 Å². The third-order valence-electron chi connectivity index (χ3n) is 9.12. The number of ether oxygens (including phenoxy) is 4. The fourth-order valence-electron chi connectivity index (χ4n) is 7.42. The lowest BCUT2D eigenvalue weighted by molar-refractivity contribution is -0.159. The van der Waals surface area contributed by atoms with Crippen molar-refractivity contribution in [1.29, 1.82) is 0 Å². The molecule has 0 bridgehead atoms. The van der Waals surface area contributed by atoms with Gasteiger partial charge in [-0.05, 0) is 73.8 Å². The quantitative estimate of drug-likeness (QED) is 0.189. The van der Waals surface area contributed by atoms with Crippen LogP contribution in [0, 0.1) is 34.5 Å². The number of Topliss-reactive ketones (excluding diaryl/α,β-unsaturated/α-hetero) is 1. The van der Waals surface area contributed by atoms with Gasteiger partial charge >= 0.3 is 5.97 Å². The number of esters is 1. The van der Waals surface area contributed by atoms with E-state index in [-0.39, 0.29) is 61.5 Å². The van der Waals surface area contributed by atoms with Crippen molar-refractivity contribution in [1.82, 2.24) is 0 Å². The molecule has 0 amide bonds. The van der Waals surface area contributed by atoms with Gasteiger partial charge in [0.1, 0.15) is 26.6 Å². The standard InChI is InChI=1S/C27H36O8/c1-26-9-7-19(29)13-18(26)3-4-20-21-5-6-23(27(21,2)10-8-22(20)26)24(30)14-35-25(31)15-34-17-33-12-11-32-16-28/h7,9,13,16,20-23H,3-6,8,10-12,14-15,17H2,1-2H3/t20-,21-,22-,23+,26-,27-/m0/s1. The second-order valence-electron chi connectivity index (χ2n) is 10.7. The Balaban J connectivity index is 1.28. The molecule has 192 valence electrons. The first kappa shape index (κ1) is 25.8. The maximum atomic E-state index is 13.1. The number of fused-ring (bicyclic) bond motifs is 5. The van der Waals surface area contributed by atoms with Crippen molar-refractivity contribution >= 4 is 24.0 Å². The molecule has 0 saturated heterocycles. The molecule has 4 aliphatic carbocycles. The second kappa shape index (κ2) is 10.7. The van der Waals surface area contributed by atoms with Crippen LogP contribution in [0.4, 0.5) is 0 Å². The van der Waals surface area contributed by atoms with Crippen molar-refractivity contribution < 1.29 is 38.1 Å². The Bertz CT molecular complexity index is 907. The van der Waals surface area contributed by atoms with Crippen molar-refractivity contribution in [2.45, 2.75) is 52.4 Å². The minimum Gasteiger partial charge on any atom is -0.465 e. The molecule has 6 atom stereocenters. The molecule has 0 N–H and O–H groups in total. The highest BCUT2D eigenvalue weighted by atomic mass is 16.7. The van der Waals surface area contributed by atoms with Crippen molar-refractivity contribution in [3.8, 4) is 0 Å². The zero-order chi connectivity index (χ0) is 25.1. The average molecular weight is 489 g/mol. The average Bonchev–Trinajstić information content (AvgIpc) is 3.19. The normalized spacial score (nSPS) is 35.4. The molecular weight excluding hydrogens is 452 g/mol. The van der Waals surface area contributed by atoms with Gasteiger partial charge in [0, 0.05) is 11.3 Å². The van der Waals surface area contributed by atoms with E-state index >= 15 is 0 Å². The molecule has 8 heteroatoms. The van der Waals surface area contributed by atoms with E-state index in [9.17, 15) is 19.2 Å². The van der Waals surface area contributed by atoms with Crippen molar-refractivity contribution in [2.24, 2.45) is 34.5 Å². The molecule has 0 spiro atoms. The molecule has 0 aromatic heterocycles. The summed E-state index contributed by atoms with van der Waals surface area (Å²) in [6.07, 6.45) is 11.6. The summed E-state index contributed by atoms with van der Waals surface area (Å²) in [5.74, 6) is 0.901. The van der Waals surface area contributed by atoms with Crippen LogP contribution < -0.4 is 0 Å². The highest BCUT2D eigenvalue weighted by Crippen LogP contribution is 2.66. The van der Waals surface area contributed by atoms with Gasteiger partial charge in [-0.25, -0.2) is 4.79 Å². The largest absolute Gasteiger partial charge is 0.465 e. The third-order valence-corrected chi connectivity index (χ3v) is 9.12. The van der Waals surface area contributed by atoms with Gasteiger partial charge in [0.15, 0.2) is 11.6 Å². The number of carbonyl (C=O) groups excluding carboxylic acids is 4. The van der Waals surface area contributed by atoms with Crippen LogP contribution in [0.2, 0.25) is 0 Å². The van der Waals surface area contributed by atoms with Crippen LogP contribution in [0.25, 0.3) is 0 Å². The molecule has 4 aliphatic rings. The Morgan fingerprint density at radius 3 is 2.69 bits per heavy atom. The van der Waals surface area contributed by atoms with Gasteiger partial charge in [-0.3, -0.25) is 14.4 Å². The van der Waals surface area contributed by atoms with Gasteiger partial charge in [-0.1, -0.05) is 25.5 Å².